The molecule has 138 valence electrons. The molecule has 0 amide bonds. The fourth-order valence-electron chi connectivity index (χ4n) is 2.82. The summed E-state index contributed by atoms with van der Waals surface area (Å²) in [5.74, 6) is 0. The van der Waals surface area contributed by atoms with Crippen molar-refractivity contribution in [1.82, 2.24) is 0 Å². The Balaban J connectivity index is 3.06. The fourth-order valence-corrected chi connectivity index (χ4v) is 2.82. The van der Waals surface area contributed by atoms with Gasteiger partial charge < -0.3 is 15.9 Å². The third kappa shape index (κ3) is 21.6. The van der Waals surface area contributed by atoms with Crippen LogP contribution in [-0.4, -0.2) is 23.0 Å². The molecule has 0 aromatic heterocycles. The molecule has 0 saturated heterocycles. The Labute approximate surface area is 144 Å². The molecule has 0 aliphatic rings. The minimum absolute atomic E-state index is 0.526. The molecule has 3 nitrogen and oxygen atoms in total. The molecule has 0 radical (unpaired) electrons. The summed E-state index contributed by atoms with van der Waals surface area (Å²) < 4.78 is 0. The molecule has 0 aromatic rings. The maximum atomic E-state index is 8.73. The zero-order chi connectivity index (χ0) is 17.0. The molecule has 0 bridgehead atoms. The van der Waals surface area contributed by atoms with Crippen LogP contribution in [0.1, 0.15) is 103 Å². The summed E-state index contributed by atoms with van der Waals surface area (Å²) in [4.78, 5) is 0. The summed E-state index contributed by atoms with van der Waals surface area (Å²) in [6.07, 6.45) is 23.0. The van der Waals surface area contributed by atoms with E-state index < -0.39 is 6.29 Å². The van der Waals surface area contributed by atoms with Crippen molar-refractivity contribution in [3.63, 3.8) is 0 Å². The van der Waals surface area contributed by atoms with Crippen LogP contribution in [0.5, 0.6) is 0 Å². The van der Waals surface area contributed by atoms with E-state index in [1.165, 1.54) is 83.5 Å². The second-order valence-corrected chi connectivity index (χ2v) is 6.70. The Morgan fingerprint density at radius 3 is 1.39 bits per heavy atom. The van der Waals surface area contributed by atoms with Gasteiger partial charge in [0.05, 0.1) is 0 Å². The highest BCUT2D eigenvalue weighted by Gasteiger charge is 1.96. The summed E-state index contributed by atoms with van der Waals surface area (Å²) in [7, 11) is 0. The Bertz CT molecular complexity index is 242. The number of hydrogen-bond donors (Lipinski definition) is 3. The Hall–Kier alpha value is -0.380. The van der Waals surface area contributed by atoms with E-state index in [0.29, 0.717) is 6.42 Å². The van der Waals surface area contributed by atoms with Gasteiger partial charge in [-0.15, -0.1) is 0 Å². The van der Waals surface area contributed by atoms with Crippen molar-refractivity contribution in [3.05, 3.63) is 12.2 Å². The highest BCUT2D eigenvalue weighted by molar-refractivity contribution is 4.81. The Morgan fingerprint density at radius 1 is 0.565 bits per heavy atom. The largest absolute Gasteiger partial charge is 0.368 e. The number of allylic oxidation sites excluding steroid dienone is 2. The van der Waals surface area contributed by atoms with Gasteiger partial charge in [0.1, 0.15) is 0 Å². The van der Waals surface area contributed by atoms with Crippen LogP contribution in [0.2, 0.25) is 0 Å². The van der Waals surface area contributed by atoms with Gasteiger partial charge in [0.15, 0.2) is 6.29 Å². The first-order valence-electron chi connectivity index (χ1n) is 9.98. The van der Waals surface area contributed by atoms with Gasteiger partial charge in [-0.1, -0.05) is 69.9 Å². The van der Waals surface area contributed by atoms with Crippen LogP contribution in [0.4, 0.5) is 0 Å². The van der Waals surface area contributed by atoms with Crippen LogP contribution < -0.4 is 5.73 Å². The van der Waals surface area contributed by atoms with Crippen molar-refractivity contribution in [3.8, 4) is 0 Å². The molecule has 0 fully saturated rings. The highest BCUT2D eigenvalue weighted by Crippen LogP contribution is 2.11. The van der Waals surface area contributed by atoms with E-state index in [4.69, 9.17) is 15.9 Å². The maximum absolute atomic E-state index is 8.73. The van der Waals surface area contributed by atoms with Crippen molar-refractivity contribution < 1.29 is 10.2 Å². The molecule has 0 saturated carbocycles. The van der Waals surface area contributed by atoms with Crippen molar-refractivity contribution >= 4 is 0 Å². The minimum Gasteiger partial charge on any atom is -0.368 e. The van der Waals surface area contributed by atoms with Gasteiger partial charge in [-0.2, -0.15) is 0 Å². The second-order valence-electron chi connectivity index (χ2n) is 6.70. The number of nitrogens with two attached hydrogens (primary N) is 1. The van der Waals surface area contributed by atoms with E-state index in [-0.39, 0.29) is 0 Å². The van der Waals surface area contributed by atoms with Crippen LogP contribution in [0, 0.1) is 0 Å². The van der Waals surface area contributed by atoms with E-state index in [1.807, 2.05) is 0 Å². The third-order valence-corrected chi connectivity index (χ3v) is 4.32. The normalized spacial score (nSPS) is 11.8. The number of hydrogen-bond acceptors (Lipinski definition) is 3. The van der Waals surface area contributed by atoms with Gasteiger partial charge in [0.25, 0.3) is 0 Å². The molecule has 0 spiro atoms. The standard InChI is InChI=1S/C20H41NO2/c21-19-17-15-13-11-9-7-5-3-1-2-4-6-8-10-12-14-16-18-20(22)23/h1,3,20,22-23H,2,4-19,21H2/b3-1-. The van der Waals surface area contributed by atoms with E-state index in [1.54, 1.807) is 0 Å². The molecule has 3 heteroatoms. The molecule has 23 heavy (non-hydrogen) atoms. The van der Waals surface area contributed by atoms with Crippen LogP contribution in [0.3, 0.4) is 0 Å². The van der Waals surface area contributed by atoms with E-state index in [9.17, 15) is 0 Å². The van der Waals surface area contributed by atoms with Gasteiger partial charge in [-0.3, -0.25) is 0 Å². The van der Waals surface area contributed by atoms with E-state index >= 15 is 0 Å². The van der Waals surface area contributed by atoms with Crippen molar-refractivity contribution in [2.75, 3.05) is 6.54 Å². The number of aliphatic hydroxyl groups is 2. The summed E-state index contributed by atoms with van der Waals surface area (Å²) >= 11 is 0. The first-order chi connectivity index (χ1) is 11.3. The smallest absolute Gasteiger partial charge is 0.151 e. The van der Waals surface area contributed by atoms with Crippen LogP contribution >= 0.6 is 0 Å². The molecule has 4 N–H and O–H groups in total. The van der Waals surface area contributed by atoms with Crippen molar-refractivity contribution in [2.24, 2.45) is 5.73 Å². The monoisotopic (exact) mass is 327 g/mol. The van der Waals surface area contributed by atoms with Crippen molar-refractivity contribution in [1.29, 1.82) is 0 Å². The Morgan fingerprint density at radius 2 is 0.957 bits per heavy atom. The van der Waals surface area contributed by atoms with E-state index in [0.717, 1.165) is 19.4 Å². The molecule has 0 atom stereocenters. The lowest BCUT2D eigenvalue weighted by atomic mass is 10.1. The molecule has 0 aliphatic carbocycles. The quantitative estimate of drug-likeness (QED) is 0.187. The average Bonchev–Trinajstić information content (AvgIpc) is 2.53. The third-order valence-electron chi connectivity index (χ3n) is 4.32. The second kappa shape index (κ2) is 19.7. The molecular formula is C20H41NO2. The average molecular weight is 328 g/mol. The lowest BCUT2D eigenvalue weighted by Crippen LogP contribution is -2.02. The molecule has 0 unspecified atom stereocenters. The zero-order valence-corrected chi connectivity index (χ0v) is 15.2. The Kier molecular flexibility index (Phi) is 19.3. The fraction of sp³-hybridized carbons (Fsp3) is 0.900. The molecule has 0 aromatic carbocycles. The molecular weight excluding hydrogens is 286 g/mol. The maximum Gasteiger partial charge on any atom is 0.151 e. The minimum atomic E-state index is -1.11. The van der Waals surface area contributed by atoms with Gasteiger partial charge in [-0.25, -0.2) is 0 Å². The van der Waals surface area contributed by atoms with Crippen LogP contribution in [0.15, 0.2) is 12.2 Å². The topological polar surface area (TPSA) is 66.5 Å². The predicted octanol–water partition coefficient (Wildman–Crippen LogP) is 5.05. The first kappa shape index (κ1) is 22.6. The van der Waals surface area contributed by atoms with Gasteiger partial charge in [-0.05, 0) is 51.5 Å². The SMILES string of the molecule is NCCCCCCCC/C=C\CCCCCCCCCC(O)O. The first-order valence-corrected chi connectivity index (χ1v) is 9.98. The van der Waals surface area contributed by atoms with Gasteiger partial charge in [0, 0.05) is 0 Å². The summed E-state index contributed by atoms with van der Waals surface area (Å²) in [5.41, 5.74) is 5.48. The molecule has 0 rings (SSSR count). The number of rotatable bonds is 18. The molecule has 0 aliphatic heterocycles. The summed E-state index contributed by atoms with van der Waals surface area (Å²) in [6.45, 7) is 0.844. The molecule has 0 heterocycles. The van der Waals surface area contributed by atoms with Crippen molar-refractivity contribution in [2.45, 2.75) is 109 Å². The van der Waals surface area contributed by atoms with Gasteiger partial charge >= 0.3 is 0 Å². The van der Waals surface area contributed by atoms with Crippen LogP contribution in [-0.2, 0) is 0 Å². The van der Waals surface area contributed by atoms with E-state index in [2.05, 4.69) is 12.2 Å². The summed E-state index contributed by atoms with van der Waals surface area (Å²) in [5, 5.41) is 17.5. The van der Waals surface area contributed by atoms with Gasteiger partial charge in [0.2, 0.25) is 0 Å². The lowest BCUT2D eigenvalue weighted by Gasteiger charge is -2.03. The number of aliphatic hydroxyl groups excluding tert-OH is 1. The van der Waals surface area contributed by atoms with Crippen LogP contribution in [0.25, 0.3) is 0 Å². The highest BCUT2D eigenvalue weighted by atomic mass is 16.5. The zero-order valence-electron chi connectivity index (χ0n) is 15.2. The number of unbranched alkanes of at least 4 members (excludes halogenated alkanes) is 13. The lowest BCUT2D eigenvalue weighted by molar-refractivity contribution is -0.0466. The summed E-state index contributed by atoms with van der Waals surface area (Å²) in [6, 6.07) is 0. The predicted molar refractivity (Wildman–Crippen MR) is 100 cm³/mol.